The molecule has 4 N–H and O–H groups in total. The smallest absolute Gasteiger partial charge is 0.270 e. The Bertz CT molecular complexity index is 938. The minimum Gasteiger partial charge on any atom is -0.497 e. The van der Waals surface area contributed by atoms with Crippen LogP contribution in [0.25, 0.3) is 0 Å². The molecule has 2 aromatic rings. The van der Waals surface area contributed by atoms with Crippen LogP contribution in [-0.2, 0) is 14.4 Å². The van der Waals surface area contributed by atoms with Crippen molar-refractivity contribution in [3.8, 4) is 5.75 Å². The predicted octanol–water partition coefficient (Wildman–Crippen LogP) is 1.36. The molecule has 0 saturated heterocycles. The Labute approximate surface area is 161 Å². The molecule has 144 valence electrons. The lowest BCUT2D eigenvalue weighted by atomic mass is 9.94. The average molecular weight is 380 g/mol. The van der Waals surface area contributed by atoms with Gasteiger partial charge in [-0.1, -0.05) is 18.2 Å². The number of para-hydroxylation sites is 1. The Morgan fingerprint density at radius 3 is 2.29 bits per heavy atom. The van der Waals surface area contributed by atoms with Crippen LogP contribution in [0, 0.1) is 0 Å². The highest BCUT2D eigenvalue weighted by Crippen LogP contribution is 2.26. The SMILES string of the molecule is COc1ccc(NNC2C(=O)N(c3ccccc3)C(=O)C(C(N)=O)=C2C)cc1. The number of carbonyl (C=O) groups excluding carboxylic acids is 3. The van der Waals surface area contributed by atoms with Gasteiger partial charge in [-0.15, -0.1) is 0 Å². The third-order valence-electron chi connectivity index (χ3n) is 4.42. The summed E-state index contributed by atoms with van der Waals surface area (Å²) in [4.78, 5) is 38.6. The fourth-order valence-corrected chi connectivity index (χ4v) is 2.96. The Morgan fingerprint density at radius 1 is 1.07 bits per heavy atom. The number of nitrogens with one attached hydrogen (secondary N) is 2. The van der Waals surface area contributed by atoms with Crippen molar-refractivity contribution >= 4 is 29.1 Å². The summed E-state index contributed by atoms with van der Waals surface area (Å²) in [5.74, 6) is -1.44. The van der Waals surface area contributed by atoms with Crippen LogP contribution in [0.4, 0.5) is 11.4 Å². The van der Waals surface area contributed by atoms with Crippen molar-refractivity contribution < 1.29 is 19.1 Å². The van der Waals surface area contributed by atoms with Crippen LogP contribution in [0.5, 0.6) is 5.75 Å². The van der Waals surface area contributed by atoms with Crippen molar-refractivity contribution in [2.45, 2.75) is 13.0 Å². The third-order valence-corrected chi connectivity index (χ3v) is 4.42. The number of primary amides is 1. The minimum absolute atomic E-state index is 0.211. The van der Waals surface area contributed by atoms with E-state index in [1.54, 1.807) is 61.7 Å². The molecule has 1 unspecified atom stereocenters. The number of hydrogen-bond acceptors (Lipinski definition) is 6. The maximum Gasteiger partial charge on any atom is 0.270 e. The first kappa shape index (κ1) is 19.1. The van der Waals surface area contributed by atoms with E-state index in [1.807, 2.05) is 0 Å². The highest BCUT2D eigenvalue weighted by Gasteiger charge is 2.41. The zero-order valence-corrected chi connectivity index (χ0v) is 15.4. The third kappa shape index (κ3) is 3.58. The summed E-state index contributed by atoms with van der Waals surface area (Å²) in [6, 6.07) is 14.5. The number of nitrogens with zero attached hydrogens (tertiary/aromatic N) is 1. The van der Waals surface area contributed by atoms with E-state index in [4.69, 9.17) is 10.5 Å². The molecule has 0 fully saturated rings. The molecular weight excluding hydrogens is 360 g/mol. The van der Waals surface area contributed by atoms with Gasteiger partial charge in [-0.25, -0.2) is 10.3 Å². The Morgan fingerprint density at radius 2 is 1.71 bits per heavy atom. The predicted molar refractivity (Wildman–Crippen MR) is 104 cm³/mol. The zero-order chi connectivity index (χ0) is 20.3. The number of amides is 3. The van der Waals surface area contributed by atoms with E-state index < -0.39 is 23.8 Å². The van der Waals surface area contributed by atoms with Crippen LogP contribution >= 0.6 is 0 Å². The molecule has 0 spiro atoms. The van der Waals surface area contributed by atoms with Gasteiger partial charge in [0.2, 0.25) is 0 Å². The highest BCUT2D eigenvalue weighted by molar-refractivity contribution is 6.34. The van der Waals surface area contributed by atoms with Gasteiger partial charge < -0.3 is 15.9 Å². The molecule has 8 nitrogen and oxygen atoms in total. The normalized spacial score (nSPS) is 16.9. The molecule has 3 rings (SSSR count). The number of hydrogen-bond donors (Lipinski definition) is 3. The molecule has 0 bridgehead atoms. The monoisotopic (exact) mass is 380 g/mol. The minimum atomic E-state index is -0.956. The summed E-state index contributed by atoms with van der Waals surface area (Å²) in [6.07, 6.45) is 0. The van der Waals surface area contributed by atoms with E-state index in [1.165, 1.54) is 6.92 Å². The summed E-state index contributed by atoms with van der Waals surface area (Å²) in [5, 5.41) is 0. The number of anilines is 2. The molecule has 28 heavy (non-hydrogen) atoms. The molecule has 0 aliphatic carbocycles. The van der Waals surface area contributed by atoms with Gasteiger partial charge in [0, 0.05) is 5.69 Å². The molecule has 1 aliphatic rings. The van der Waals surface area contributed by atoms with Crippen LogP contribution in [0.3, 0.4) is 0 Å². The lowest BCUT2D eigenvalue weighted by Gasteiger charge is -2.33. The number of imide groups is 1. The van der Waals surface area contributed by atoms with Gasteiger partial charge in [-0.05, 0) is 48.9 Å². The molecule has 0 saturated carbocycles. The van der Waals surface area contributed by atoms with Gasteiger partial charge in [0.05, 0.1) is 12.8 Å². The maximum atomic E-state index is 13.0. The first-order valence-corrected chi connectivity index (χ1v) is 8.53. The second-order valence-electron chi connectivity index (χ2n) is 6.17. The summed E-state index contributed by atoms with van der Waals surface area (Å²) in [6.45, 7) is 1.53. The second-order valence-corrected chi connectivity index (χ2v) is 6.17. The molecule has 1 atom stereocenters. The van der Waals surface area contributed by atoms with E-state index >= 15 is 0 Å². The summed E-state index contributed by atoms with van der Waals surface area (Å²) in [7, 11) is 1.57. The van der Waals surface area contributed by atoms with Gasteiger partial charge in [-0.2, -0.15) is 0 Å². The van der Waals surface area contributed by atoms with Crippen LogP contribution in [0.1, 0.15) is 6.92 Å². The largest absolute Gasteiger partial charge is 0.497 e. The van der Waals surface area contributed by atoms with Crippen molar-refractivity contribution in [2.24, 2.45) is 5.73 Å². The number of carbonyl (C=O) groups is 3. The molecule has 2 aromatic carbocycles. The van der Waals surface area contributed by atoms with Crippen molar-refractivity contribution in [3.05, 3.63) is 65.7 Å². The van der Waals surface area contributed by atoms with Gasteiger partial charge in [0.1, 0.15) is 17.4 Å². The van der Waals surface area contributed by atoms with E-state index in [0.717, 1.165) is 4.90 Å². The Kier molecular flexibility index (Phi) is 5.42. The van der Waals surface area contributed by atoms with Crippen LogP contribution in [-0.4, -0.2) is 30.9 Å². The molecular formula is C20H20N4O4. The first-order chi connectivity index (χ1) is 13.4. The number of methoxy groups -OCH3 is 1. The Balaban J connectivity index is 1.92. The van der Waals surface area contributed by atoms with E-state index in [0.29, 0.717) is 17.1 Å². The average Bonchev–Trinajstić information content (AvgIpc) is 2.69. The van der Waals surface area contributed by atoms with Crippen LogP contribution in [0.2, 0.25) is 0 Å². The quantitative estimate of drug-likeness (QED) is 0.396. The van der Waals surface area contributed by atoms with Gasteiger partial charge in [-0.3, -0.25) is 14.4 Å². The zero-order valence-electron chi connectivity index (χ0n) is 15.4. The fraction of sp³-hybridized carbons (Fsp3) is 0.150. The molecule has 3 amide bonds. The topological polar surface area (TPSA) is 114 Å². The van der Waals surface area contributed by atoms with E-state index in [9.17, 15) is 14.4 Å². The molecule has 8 heteroatoms. The van der Waals surface area contributed by atoms with Crippen molar-refractivity contribution in [2.75, 3.05) is 17.4 Å². The van der Waals surface area contributed by atoms with E-state index in [-0.39, 0.29) is 11.1 Å². The van der Waals surface area contributed by atoms with Gasteiger partial charge >= 0.3 is 0 Å². The fourth-order valence-electron chi connectivity index (χ4n) is 2.96. The number of nitrogens with two attached hydrogens (primary N) is 1. The van der Waals surface area contributed by atoms with Gasteiger partial charge in [0.15, 0.2) is 0 Å². The molecule has 0 radical (unpaired) electrons. The van der Waals surface area contributed by atoms with Crippen molar-refractivity contribution in [1.29, 1.82) is 0 Å². The van der Waals surface area contributed by atoms with Crippen LogP contribution < -0.4 is 26.2 Å². The van der Waals surface area contributed by atoms with Gasteiger partial charge in [0.25, 0.3) is 17.7 Å². The molecule has 0 aromatic heterocycles. The lowest BCUT2D eigenvalue weighted by molar-refractivity contribution is -0.127. The molecule has 1 heterocycles. The number of ether oxygens (including phenoxy) is 1. The first-order valence-electron chi connectivity index (χ1n) is 8.53. The number of hydrazine groups is 1. The number of rotatable bonds is 6. The summed E-state index contributed by atoms with van der Waals surface area (Å²) >= 11 is 0. The van der Waals surface area contributed by atoms with Crippen LogP contribution in [0.15, 0.2) is 65.7 Å². The summed E-state index contributed by atoms with van der Waals surface area (Å²) in [5.41, 5.74) is 12.3. The number of benzene rings is 2. The standard InChI is InChI=1S/C20H20N4O4/c1-12-16(18(21)25)19(26)24(14-6-4-3-5-7-14)20(27)17(12)23-22-13-8-10-15(28-2)11-9-13/h3-11,17,22-23H,1-2H3,(H2,21,25). The highest BCUT2D eigenvalue weighted by atomic mass is 16.5. The van der Waals surface area contributed by atoms with Crippen molar-refractivity contribution in [3.63, 3.8) is 0 Å². The lowest BCUT2D eigenvalue weighted by Crippen LogP contribution is -2.57. The maximum absolute atomic E-state index is 13.0. The summed E-state index contributed by atoms with van der Waals surface area (Å²) < 4.78 is 5.11. The molecule has 1 aliphatic heterocycles. The second kappa shape index (κ2) is 7.93. The van der Waals surface area contributed by atoms with E-state index in [2.05, 4.69) is 10.9 Å². The Hall–Kier alpha value is -3.65. The van der Waals surface area contributed by atoms with Crippen molar-refractivity contribution in [1.82, 2.24) is 5.43 Å².